The van der Waals surface area contributed by atoms with E-state index in [9.17, 15) is 4.79 Å². The molecule has 0 fully saturated rings. The molecule has 166 valence electrons. The Morgan fingerprint density at radius 3 is 2.47 bits per heavy atom. The monoisotopic (exact) mass is 493 g/mol. The number of ether oxygens (including phenoxy) is 2. The highest BCUT2D eigenvalue weighted by molar-refractivity contribution is 9.10. The first kappa shape index (κ1) is 23.6. The lowest BCUT2D eigenvalue weighted by Crippen LogP contribution is -2.07. The van der Waals surface area contributed by atoms with E-state index in [1.807, 2.05) is 54.6 Å². The number of unbranched alkanes of at least 4 members (excludes halogenated alkanes) is 1. The maximum atomic E-state index is 12.3. The summed E-state index contributed by atoms with van der Waals surface area (Å²) in [4.78, 5) is 12.3. The van der Waals surface area contributed by atoms with E-state index in [4.69, 9.17) is 9.47 Å². The van der Waals surface area contributed by atoms with Gasteiger partial charge in [-0.1, -0.05) is 55.8 Å². The second-order valence-electron chi connectivity index (χ2n) is 7.43. The Hall–Kier alpha value is -3.05. The van der Waals surface area contributed by atoms with E-state index in [0.717, 1.165) is 27.7 Å². The molecule has 0 bridgehead atoms. The third kappa shape index (κ3) is 6.99. The molecule has 0 radical (unpaired) electrons. The van der Waals surface area contributed by atoms with Gasteiger partial charge in [0.05, 0.1) is 11.6 Å². The molecular weight excluding hydrogens is 466 g/mol. The summed E-state index contributed by atoms with van der Waals surface area (Å²) in [5, 5.41) is 2.90. The van der Waals surface area contributed by atoms with Crippen LogP contribution in [-0.4, -0.2) is 13.0 Å². The summed E-state index contributed by atoms with van der Waals surface area (Å²) >= 11 is 3.56. The fourth-order valence-corrected chi connectivity index (χ4v) is 3.77. The zero-order valence-corrected chi connectivity index (χ0v) is 20.0. The van der Waals surface area contributed by atoms with Gasteiger partial charge in [-0.2, -0.15) is 0 Å². The number of nitrogens with one attached hydrogen (secondary N) is 1. The van der Waals surface area contributed by atoms with Crippen LogP contribution in [-0.2, 0) is 17.8 Å². The molecular formula is C27H28BrNO3. The number of hydrogen-bond acceptors (Lipinski definition) is 3. The van der Waals surface area contributed by atoms with Crippen molar-refractivity contribution < 1.29 is 14.3 Å². The van der Waals surface area contributed by atoms with Gasteiger partial charge in [0.15, 0.2) is 11.5 Å². The van der Waals surface area contributed by atoms with E-state index in [-0.39, 0.29) is 5.91 Å². The van der Waals surface area contributed by atoms with Crippen molar-refractivity contribution in [1.82, 2.24) is 0 Å². The predicted octanol–water partition coefficient (Wildman–Crippen LogP) is 7.03. The maximum absolute atomic E-state index is 12.3. The molecule has 1 N–H and O–H groups in total. The third-order valence-corrected chi connectivity index (χ3v) is 5.53. The Morgan fingerprint density at radius 1 is 1.03 bits per heavy atom. The lowest BCUT2D eigenvalue weighted by Gasteiger charge is -2.13. The standard InChI is InChI=1S/C27H28BrNO3/c1-3-4-8-20-11-14-23(15-12-20)29-26(30)16-13-22-17-24(28)27(25(18-22)31-2)32-19-21-9-6-5-7-10-21/h5-7,9-18H,3-4,8,19H2,1-2H3,(H,29,30). The van der Waals surface area contributed by atoms with Crippen molar-refractivity contribution in [3.05, 3.63) is 94.0 Å². The second kappa shape index (κ2) is 12.1. The highest BCUT2D eigenvalue weighted by atomic mass is 79.9. The highest BCUT2D eigenvalue weighted by Gasteiger charge is 2.11. The minimum absolute atomic E-state index is 0.189. The highest BCUT2D eigenvalue weighted by Crippen LogP contribution is 2.37. The Bertz CT molecular complexity index is 1050. The Morgan fingerprint density at radius 2 is 1.78 bits per heavy atom. The second-order valence-corrected chi connectivity index (χ2v) is 8.29. The summed E-state index contributed by atoms with van der Waals surface area (Å²) in [6.45, 7) is 2.62. The summed E-state index contributed by atoms with van der Waals surface area (Å²) in [5.74, 6) is 1.03. The van der Waals surface area contributed by atoms with Gasteiger partial charge in [-0.05, 0) is 75.8 Å². The van der Waals surface area contributed by atoms with Gasteiger partial charge in [-0.15, -0.1) is 0 Å². The fourth-order valence-electron chi connectivity index (χ4n) is 3.20. The number of benzene rings is 3. The van der Waals surface area contributed by atoms with Gasteiger partial charge in [-0.25, -0.2) is 0 Å². The smallest absolute Gasteiger partial charge is 0.248 e. The minimum atomic E-state index is -0.189. The Balaban J connectivity index is 1.63. The lowest BCUT2D eigenvalue weighted by molar-refractivity contribution is -0.111. The van der Waals surface area contributed by atoms with Crippen LogP contribution in [0.25, 0.3) is 6.08 Å². The number of carbonyl (C=O) groups excluding carboxylic acids is 1. The fraction of sp³-hybridized carbons (Fsp3) is 0.222. The average Bonchev–Trinajstić information content (AvgIpc) is 2.82. The zero-order chi connectivity index (χ0) is 22.8. The Kier molecular flexibility index (Phi) is 8.93. The van der Waals surface area contributed by atoms with Gasteiger partial charge in [0.25, 0.3) is 0 Å². The van der Waals surface area contributed by atoms with E-state index in [1.165, 1.54) is 24.5 Å². The molecule has 0 aliphatic rings. The first-order chi connectivity index (χ1) is 15.6. The zero-order valence-electron chi connectivity index (χ0n) is 18.4. The van der Waals surface area contributed by atoms with Crippen LogP contribution in [0.5, 0.6) is 11.5 Å². The van der Waals surface area contributed by atoms with Crippen LogP contribution in [0.1, 0.15) is 36.5 Å². The first-order valence-corrected chi connectivity index (χ1v) is 11.5. The van der Waals surface area contributed by atoms with E-state index in [2.05, 4.69) is 40.3 Å². The van der Waals surface area contributed by atoms with Crippen molar-refractivity contribution >= 4 is 33.6 Å². The summed E-state index contributed by atoms with van der Waals surface area (Å²) < 4.78 is 12.2. The summed E-state index contributed by atoms with van der Waals surface area (Å²) in [6, 6.07) is 21.7. The molecule has 0 aliphatic heterocycles. The van der Waals surface area contributed by atoms with Crippen LogP contribution >= 0.6 is 15.9 Å². The molecule has 3 aromatic rings. The number of methoxy groups -OCH3 is 1. The van der Waals surface area contributed by atoms with Gasteiger partial charge in [0, 0.05) is 11.8 Å². The molecule has 0 saturated carbocycles. The molecule has 4 nitrogen and oxygen atoms in total. The summed E-state index contributed by atoms with van der Waals surface area (Å²) in [5.41, 5.74) is 3.96. The van der Waals surface area contributed by atoms with Crippen molar-refractivity contribution in [3.8, 4) is 11.5 Å². The number of anilines is 1. The molecule has 0 atom stereocenters. The van der Waals surface area contributed by atoms with Crippen LogP contribution < -0.4 is 14.8 Å². The number of aryl methyl sites for hydroxylation is 1. The summed E-state index contributed by atoms with van der Waals surface area (Å²) in [6.07, 6.45) is 6.66. The molecule has 0 unspecified atom stereocenters. The van der Waals surface area contributed by atoms with Gasteiger partial charge >= 0.3 is 0 Å². The Labute approximate surface area is 198 Å². The van der Waals surface area contributed by atoms with E-state index in [0.29, 0.717) is 18.1 Å². The number of amides is 1. The van der Waals surface area contributed by atoms with Crippen LogP contribution in [0.2, 0.25) is 0 Å². The molecule has 0 saturated heterocycles. The summed E-state index contributed by atoms with van der Waals surface area (Å²) in [7, 11) is 1.60. The quantitative estimate of drug-likeness (QED) is 0.308. The van der Waals surface area contributed by atoms with Gasteiger partial charge in [0.1, 0.15) is 6.61 Å². The molecule has 3 rings (SSSR count). The SMILES string of the molecule is CCCCc1ccc(NC(=O)C=Cc2cc(Br)c(OCc3ccccc3)c(OC)c2)cc1. The van der Waals surface area contributed by atoms with E-state index < -0.39 is 0 Å². The predicted molar refractivity (Wildman–Crippen MR) is 134 cm³/mol. The average molecular weight is 494 g/mol. The number of hydrogen-bond donors (Lipinski definition) is 1. The molecule has 0 aromatic heterocycles. The third-order valence-electron chi connectivity index (χ3n) is 4.95. The van der Waals surface area contributed by atoms with E-state index in [1.54, 1.807) is 13.2 Å². The van der Waals surface area contributed by atoms with Crippen molar-refractivity contribution in [2.45, 2.75) is 32.8 Å². The number of rotatable bonds is 10. The van der Waals surface area contributed by atoms with Crippen molar-refractivity contribution in [2.75, 3.05) is 12.4 Å². The molecule has 1 amide bonds. The van der Waals surface area contributed by atoms with Crippen molar-refractivity contribution in [3.63, 3.8) is 0 Å². The molecule has 0 spiro atoms. The minimum Gasteiger partial charge on any atom is -0.493 e. The van der Waals surface area contributed by atoms with Crippen molar-refractivity contribution in [1.29, 1.82) is 0 Å². The van der Waals surface area contributed by atoms with Gasteiger partial charge < -0.3 is 14.8 Å². The molecule has 32 heavy (non-hydrogen) atoms. The van der Waals surface area contributed by atoms with Gasteiger partial charge in [0.2, 0.25) is 5.91 Å². The van der Waals surface area contributed by atoms with Crippen LogP contribution in [0.3, 0.4) is 0 Å². The number of halogens is 1. The van der Waals surface area contributed by atoms with Gasteiger partial charge in [-0.3, -0.25) is 4.79 Å². The first-order valence-electron chi connectivity index (χ1n) is 10.7. The molecule has 0 aliphatic carbocycles. The normalized spacial score (nSPS) is 10.8. The maximum Gasteiger partial charge on any atom is 0.248 e. The molecule has 3 aromatic carbocycles. The van der Waals surface area contributed by atoms with Crippen LogP contribution in [0.4, 0.5) is 5.69 Å². The van der Waals surface area contributed by atoms with E-state index >= 15 is 0 Å². The molecule has 0 heterocycles. The lowest BCUT2D eigenvalue weighted by atomic mass is 10.1. The topological polar surface area (TPSA) is 47.6 Å². The van der Waals surface area contributed by atoms with Crippen molar-refractivity contribution in [2.24, 2.45) is 0 Å². The van der Waals surface area contributed by atoms with Crippen LogP contribution in [0, 0.1) is 0 Å². The number of carbonyl (C=O) groups is 1. The largest absolute Gasteiger partial charge is 0.493 e. The molecule has 5 heteroatoms. The van der Waals surface area contributed by atoms with Crippen LogP contribution in [0.15, 0.2) is 77.3 Å².